The van der Waals surface area contributed by atoms with Crippen LogP contribution < -0.4 is 0 Å². The number of carbonyl (C=O) groups excluding carboxylic acids is 2. The lowest BCUT2D eigenvalue weighted by molar-refractivity contribution is -0.186. The molecule has 0 aromatic rings. The number of carbonyl (C=O) groups is 2. The van der Waals surface area contributed by atoms with Gasteiger partial charge in [-0.15, -0.1) is 0 Å². The molecule has 0 aromatic heterocycles. The van der Waals surface area contributed by atoms with E-state index in [0.717, 1.165) is 12.8 Å². The van der Waals surface area contributed by atoms with E-state index in [4.69, 9.17) is 9.47 Å². The van der Waals surface area contributed by atoms with Crippen molar-refractivity contribution in [2.45, 2.75) is 78.7 Å². The molecule has 0 bridgehead atoms. The molecule has 0 N–H and O–H groups in total. The Morgan fingerprint density at radius 3 is 2.56 bits per heavy atom. The summed E-state index contributed by atoms with van der Waals surface area (Å²) in [6, 6.07) is 0. The highest BCUT2D eigenvalue weighted by atomic mass is 16.5. The van der Waals surface area contributed by atoms with Crippen LogP contribution in [0.4, 0.5) is 0 Å². The Morgan fingerprint density at radius 1 is 1.11 bits per heavy atom. The van der Waals surface area contributed by atoms with E-state index in [0.29, 0.717) is 29.9 Å². The van der Waals surface area contributed by atoms with Gasteiger partial charge in [0.05, 0.1) is 6.61 Å². The van der Waals surface area contributed by atoms with E-state index < -0.39 is 0 Å². The first-order valence-electron chi connectivity index (χ1n) is 10.5. The van der Waals surface area contributed by atoms with Gasteiger partial charge in [-0.3, -0.25) is 9.59 Å². The van der Waals surface area contributed by atoms with Gasteiger partial charge >= 0.3 is 0 Å². The monoisotopic (exact) mass is 372 g/mol. The summed E-state index contributed by atoms with van der Waals surface area (Å²) in [5.74, 6) is 0.950. The number of ketones is 2. The molecule has 1 heterocycles. The number of ether oxygens (including phenoxy) is 2. The smallest absolute Gasteiger partial charge is 0.227 e. The molecule has 3 aliphatic carbocycles. The van der Waals surface area contributed by atoms with Gasteiger partial charge in [0.2, 0.25) is 11.6 Å². The van der Waals surface area contributed by atoms with E-state index in [2.05, 4.69) is 27.7 Å². The van der Waals surface area contributed by atoms with Crippen molar-refractivity contribution in [1.82, 2.24) is 0 Å². The first-order chi connectivity index (χ1) is 12.6. The average molecular weight is 373 g/mol. The average Bonchev–Trinajstić information content (AvgIpc) is 2.57. The van der Waals surface area contributed by atoms with Gasteiger partial charge in [0.15, 0.2) is 11.5 Å². The maximum absolute atomic E-state index is 13.0. The van der Waals surface area contributed by atoms with Crippen molar-refractivity contribution < 1.29 is 19.1 Å². The van der Waals surface area contributed by atoms with E-state index >= 15 is 0 Å². The largest absolute Gasteiger partial charge is 0.490 e. The van der Waals surface area contributed by atoms with Crippen molar-refractivity contribution in [3.63, 3.8) is 0 Å². The molecule has 4 nitrogen and oxygen atoms in total. The number of rotatable bonds is 2. The Hall–Kier alpha value is -1.58. The molecule has 0 saturated heterocycles. The molecule has 0 amide bonds. The molecule has 0 unspecified atom stereocenters. The van der Waals surface area contributed by atoms with Crippen LogP contribution in [0.5, 0.6) is 0 Å². The molecule has 4 atom stereocenters. The molecule has 4 aliphatic rings. The van der Waals surface area contributed by atoms with E-state index in [1.807, 2.05) is 6.92 Å². The number of fused-ring (bicyclic) bond motifs is 3. The first-order valence-corrected chi connectivity index (χ1v) is 10.5. The SMILES string of the molecule is CCOC1=CC(=O)C2=C(C[C@@H]3[C@@]4(C)CCCC(C)(C)[C@@H]4CC[C@@]3(C)O2)C1=O. The molecule has 0 aromatic carbocycles. The van der Waals surface area contributed by atoms with E-state index in [-0.39, 0.29) is 40.0 Å². The van der Waals surface area contributed by atoms with Crippen LogP contribution in [-0.2, 0) is 19.1 Å². The molecule has 2 fully saturated rings. The molecule has 4 rings (SSSR count). The molecule has 2 saturated carbocycles. The van der Waals surface area contributed by atoms with Gasteiger partial charge < -0.3 is 9.47 Å². The summed E-state index contributed by atoms with van der Waals surface area (Å²) in [5.41, 5.74) is 0.610. The van der Waals surface area contributed by atoms with Crippen molar-refractivity contribution >= 4 is 11.6 Å². The molecule has 0 spiro atoms. The van der Waals surface area contributed by atoms with Crippen molar-refractivity contribution in [3.8, 4) is 0 Å². The van der Waals surface area contributed by atoms with Crippen LogP contribution in [0.3, 0.4) is 0 Å². The van der Waals surface area contributed by atoms with Crippen LogP contribution in [0, 0.1) is 22.7 Å². The Kier molecular flexibility index (Phi) is 4.14. The number of allylic oxidation sites excluding steroid dienone is 2. The van der Waals surface area contributed by atoms with Crippen LogP contribution in [-0.4, -0.2) is 23.8 Å². The Bertz CT molecular complexity index is 758. The minimum atomic E-state index is -0.371. The molecule has 4 heteroatoms. The zero-order valence-electron chi connectivity index (χ0n) is 17.3. The molecule has 1 aliphatic heterocycles. The molecular weight excluding hydrogens is 340 g/mol. The maximum Gasteiger partial charge on any atom is 0.227 e. The van der Waals surface area contributed by atoms with Crippen LogP contribution in [0.15, 0.2) is 23.2 Å². The van der Waals surface area contributed by atoms with Gasteiger partial charge in [0.1, 0.15) is 5.60 Å². The second-order valence-electron chi connectivity index (χ2n) is 10.1. The highest BCUT2D eigenvalue weighted by Gasteiger charge is 2.61. The van der Waals surface area contributed by atoms with Crippen LogP contribution in [0.1, 0.15) is 73.1 Å². The lowest BCUT2D eigenvalue weighted by Crippen LogP contribution is -2.60. The maximum atomic E-state index is 13.0. The van der Waals surface area contributed by atoms with Gasteiger partial charge in [-0.25, -0.2) is 0 Å². The first kappa shape index (κ1) is 18.8. The van der Waals surface area contributed by atoms with Crippen LogP contribution >= 0.6 is 0 Å². The second-order valence-corrected chi connectivity index (χ2v) is 10.1. The standard InChI is InChI=1S/C23H32O4/c1-6-26-16-13-15(24)20-14(19(16)25)12-18-22(4)10-7-9-21(2,3)17(22)8-11-23(18,5)27-20/h13,17-18H,6-12H2,1-5H3/t17-,18+,22-,23+/m0/s1. The molecule has 0 radical (unpaired) electrons. The van der Waals surface area contributed by atoms with E-state index in [1.165, 1.54) is 25.3 Å². The predicted octanol–water partition coefficient (Wildman–Crippen LogP) is 4.73. The zero-order chi connectivity index (χ0) is 19.6. The third kappa shape index (κ3) is 2.62. The summed E-state index contributed by atoms with van der Waals surface area (Å²) in [5, 5.41) is 0. The molecular formula is C23H32O4. The minimum Gasteiger partial charge on any atom is -0.490 e. The van der Waals surface area contributed by atoms with Crippen LogP contribution in [0.25, 0.3) is 0 Å². The second kappa shape index (κ2) is 5.96. The Balaban J connectivity index is 1.74. The third-order valence-electron chi connectivity index (χ3n) is 8.04. The summed E-state index contributed by atoms with van der Waals surface area (Å²) in [4.78, 5) is 25.6. The van der Waals surface area contributed by atoms with Gasteiger partial charge in [-0.05, 0) is 62.7 Å². The fourth-order valence-corrected chi connectivity index (χ4v) is 6.83. The highest BCUT2D eigenvalue weighted by Crippen LogP contribution is 2.65. The summed E-state index contributed by atoms with van der Waals surface area (Å²) in [7, 11) is 0. The van der Waals surface area contributed by atoms with Gasteiger partial charge in [0.25, 0.3) is 0 Å². The van der Waals surface area contributed by atoms with Crippen LogP contribution in [0.2, 0.25) is 0 Å². The van der Waals surface area contributed by atoms with E-state index in [1.54, 1.807) is 0 Å². The normalized spacial score (nSPS) is 40.4. The lowest BCUT2D eigenvalue weighted by Gasteiger charge is -2.63. The summed E-state index contributed by atoms with van der Waals surface area (Å²) < 4.78 is 11.8. The minimum absolute atomic E-state index is 0.129. The number of hydrogen-bond donors (Lipinski definition) is 0. The Morgan fingerprint density at radius 2 is 1.85 bits per heavy atom. The molecule has 27 heavy (non-hydrogen) atoms. The lowest BCUT2D eigenvalue weighted by atomic mass is 9.44. The van der Waals surface area contributed by atoms with Crippen molar-refractivity contribution in [2.24, 2.45) is 22.7 Å². The van der Waals surface area contributed by atoms with Gasteiger partial charge in [-0.2, -0.15) is 0 Å². The highest BCUT2D eigenvalue weighted by molar-refractivity contribution is 6.21. The van der Waals surface area contributed by atoms with Crippen molar-refractivity contribution in [3.05, 3.63) is 23.2 Å². The summed E-state index contributed by atoms with van der Waals surface area (Å²) >= 11 is 0. The molecule has 148 valence electrons. The topological polar surface area (TPSA) is 52.6 Å². The van der Waals surface area contributed by atoms with Gasteiger partial charge in [0, 0.05) is 17.6 Å². The Labute approximate surface area is 162 Å². The summed E-state index contributed by atoms with van der Waals surface area (Å²) in [6.45, 7) is 11.6. The van der Waals surface area contributed by atoms with Crippen molar-refractivity contribution in [2.75, 3.05) is 6.61 Å². The predicted molar refractivity (Wildman–Crippen MR) is 103 cm³/mol. The quantitative estimate of drug-likeness (QED) is 0.657. The fourth-order valence-electron chi connectivity index (χ4n) is 6.83. The summed E-state index contributed by atoms with van der Waals surface area (Å²) in [6.07, 6.45) is 7.66. The zero-order valence-corrected chi connectivity index (χ0v) is 17.3. The third-order valence-corrected chi connectivity index (χ3v) is 8.04. The van der Waals surface area contributed by atoms with Crippen molar-refractivity contribution in [1.29, 1.82) is 0 Å². The van der Waals surface area contributed by atoms with E-state index in [9.17, 15) is 9.59 Å². The van der Waals surface area contributed by atoms with Gasteiger partial charge in [-0.1, -0.05) is 27.2 Å². The number of Topliss-reactive ketones (excluding diaryl/α,β-unsaturated/α-hetero) is 1. The fraction of sp³-hybridized carbons (Fsp3) is 0.739. The number of hydrogen-bond acceptors (Lipinski definition) is 4.